The van der Waals surface area contributed by atoms with Gasteiger partial charge >= 0.3 is 6.85 Å². The van der Waals surface area contributed by atoms with E-state index in [-0.39, 0.29) is 6.85 Å². The molecule has 0 amide bonds. The molecule has 5 rings (SSSR count). The van der Waals surface area contributed by atoms with Crippen molar-refractivity contribution in [3.63, 3.8) is 0 Å². The second-order valence-electron chi connectivity index (χ2n) is 7.85. The summed E-state index contributed by atoms with van der Waals surface area (Å²) in [6.07, 6.45) is 6.25. The standard InChI is InChI=1S/C24H23BN3O/c1-16-13-22(27(3)15-21(16)18-9-6-5-7-10-18)25-17(2)14-20-19-11-8-12-26-23(19)29-24(20)28(25)4/h5-15H,1-4H3/q+1. The molecule has 0 spiro atoms. The molecule has 0 fully saturated rings. The Morgan fingerprint density at radius 1 is 1.07 bits per heavy atom. The minimum atomic E-state index is 0.108. The molecule has 142 valence electrons. The zero-order chi connectivity index (χ0) is 20.1. The summed E-state index contributed by atoms with van der Waals surface area (Å²) >= 11 is 0. The van der Waals surface area contributed by atoms with E-state index in [9.17, 15) is 0 Å². The van der Waals surface area contributed by atoms with Crippen LogP contribution in [0.4, 0.5) is 5.88 Å². The molecule has 3 aromatic heterocycles. The van der Waals surface area contributed by atoms with Crippen molar-refractivity contribution in [3.8, 4) is 11.1 Å². The van der Waals surface area contributed by atoms with Gasteiger partial charge in [0.25, 0.3) is 0 Å². The van der Waals surface area contributed by atoms with Crippen LogP contribution < -0.4 is 15.0 Å². The van der Waals surface area contributed by atoms with E-state index in [1.807, 2.05) is 6.07 Å². The molecule has 0 unspecified atom stereocenters. The number of anilines is 1. The Hall–Kier alpha value is -3.34. The molecule has 0 saturated heterocycles. The number of aromatic nitrogens is 2. The first kappa shape index (κ1) is 17.7. The summed E-state index contributed by atoms with van der Waals surface area (Å²) < 4.78 is 8.36. The number of furan rings is 1. The zero-order valence-electron chi connectivity index (χ0n) is 17.2. The Bertz CT molecular complexity index is 1260. The predicted octanol–water partition coefficient (Wildman–Crippen LogP) is 3.92. The molecule has 29 heavy (non-hydrogen) atoms. The number of hydrogen-bond acceptors (Lipinski definition) is 3. The summed E-state index contributed by atoms with van der Waals surface area (Å²) in [5.41, 5.74) is 8.08. The van der Waals surface area contributed by atoms with Gasteiger partial charge in [-0.3, -0.25) is 0 Å². The van der Waals surface area contributed by atoms with E-state index in [0.717, 1.165) is 16.8 Å². The number of hydrogen-bond donors (Lipinski definition) is 0. The number of rotatable bonds is 2. The van der Waals surface area contributed by atoms with Crippen molar-refractivity contribution in [2.45, 2.75) is 13.8 Å². The third-order valence-electron chi connectivity index (χ3n) is 5.88. The van der Waals surface area contributed by atoms with Crippen LogP contribution in [0, 0.1) is 6.92 Å². The van der Waals surface area contributed by atoms with E-state index in [1.165, 1.54) is 27.8 Å². The van der Waals surface area contributed by atoms with Crippen LogP contribution in [-0.4, -0.2) is 18.9 Å². The third-order valence-corrected chi connectivity index (χ3v) is 5.88. The molecule has 4 nitrogen and oxygen atoms in total. The molecule has 0 bridgehead atoms. The fourth-order valence-electron chi connectivity index (χ4n) is 4.46. The summed E-state index contributed by atoms with van der Waals surface area (Å²) in [5, 5.41) is 1.06. The minimum Gasteiger partial charge on any atom is -0.423 e. The molecular formula is C24H23BN3O+. The molecule has 4 aromatic rings. The van der Waals surface area contributed by atoms with Gasteiger partial charge in [0.05, 0.1) is 0 Å². The lowest BCUT2D eigenvalue weighted by atomic mass is 9.49. The first-order valence-electron chi connectivity index (χ1n) is 9.88. The lowest BCUT2D eigenvalue weighted by Crippen LogP contribution is -2.62. The molecule has 1 aromatic carbocycles. The highest BCUT2D eigenvalue weighted by Gasteiger charge is 2.39. The number of allylic oxidation sites excluding steroid dienone is 1. The van der Waals surface area contributed by atoms with Crippen LogP contribution in [0.1, 0.15) is 18.1 Å². The van der Waals surface area contributed by atoms with Crippen molar-refractivity contribution in [3.05, 3.63) is 77.5 Å². The quantitative estimate of drug-likeness (QED) is 0.390. The molecule has 0 N–H and O–H groups in total. The summed E-state index contributed by atoms with van der Waals surface area (Å²) in [6.45, 7) is 4.49. The minimum absolute atomic E-state index is 0.108. The van der Waals surface area contributed by atoms with Gasteiger partial charge in [0.15, 0.2) is 17.7 Å². The highest BCUT2D eigenvalue weighted by atomic mass is 16.4. The van der Waals surface area contributed by atoms with Gasteiger partial charge in [0, 0.05) is 28.8 Å². The van der Waals surface area contributed by atoms with Crippen molar-refractivity contribution in [1.29, 1.82) is 0 Å². The van der Waals surface area contributed by atoms with E-state index in [0.29, 0.717) is 5.71 Å². The molecule has 0 aliphatic carbocycles. The number of aryl methyl sites for hydroxylation is 2. The van der Waals surface area contributed by atoms with Crippen LogP contribution >= 0.6 is 0 Å². The van der Waals surface area contributed by atoms with Crippen molar-refractivity contribution in [2.75, 3.05) is 11.9 Å². The molecule has 0 atom stereocenters. The number of fused-ring (bicyclic) bond motifs is 3. The molecular weight excluding hydrogens is 357 g/mol. The largest absolute Gasteiger partial charge is 0.423 e. The van der Waals surface area contributed by atoms with Crippen LogP contribution in [0.5, 0.6) is 0 Å². The summed E-state index contributed by atoms with van der Waals surface area (Å²) in [5.74, 6) is 0.874. The second kappa shape index (κ2) is 6.62. The van der Waals surface area contributed by atoms with Gasteiger partial charge in [0.2, 0.25) is 5.71 Å². The van der Waals surface area contributed by atoms with Crippen LogP contribution in [0.25, 0.3) is 28.3 Å². The Labute approximate surface area is 171 Å². The van der Waals surface area contributed by atoms with Crippen molar-refractivity contribution >= 4 is 35.5 Å². The maximum absolute atomic E-state index is 6.13. The Kier molecular flexibility index (Phi) is 4.05. The fraction of sp³-hybridized carbons (Fsp3) is 0.167. The first-order chi connectivity index (χ1) is 14.0. The number of benzene rings is 1. The van der Waals surface area contributed by atoms with Gasteiger partial charge in [-0.15, -0.1) is 0 Å². The van der Waals surface area contributed by atoms with Crippen LogP contribution in [0.2, 0.25) is 0 Å². The van der Waals surface area contributed by atoms with Gasteiger partial charge in [-0.1, -0.05) is 41.9 Å². The second-order valence-corrected chi connectivity index (χ2v) is 7.85. The normalized spacial score (nSPS) is 13.6. The highest BCUT2D eigenvalue weighted by Crippen LogP contribution is 2.37. The molecule has 0 saturated carbocycles. The van der Waals surface area contributed by atoms with Crippen molar-refractivity contribution < 1.29 is 8.98 Å². The smallest absolute Gasteiger partial charge is 0.401 e. The van der Waals surface area contributed by atoms with Gasteiger partial charge in [-0.05, 0) is 44.2 Å². The maximum Gasteiger partial charge on any atom is 0.401 e. The number of nitrogens with zero attached hydrogens (tertiary/aromatic N) is 3. The molecule has 5 heteroatoms. The van der Waals surface area contributed by atoms with E-state index in [1.54, 1.807) is 6.20 Å². The average molecular weight is 380 g/mol. The highest BCUT2D eigenvalue weighted by molar-refractivity contribution is 6.82. The van der Waals surface area contributed by atoms with Crippen LogP contribution in [-0.2, 0) is 7.05 Å². The van der Waals surface area contributed by atoms with Crippen molar-refractivity contribution in [1.82, 2.24) is 4.98 Å². The number of pyridine rings is 2. The molecule has 0 radical (unpaired) electrons. The Morgan fingerprint density at radius 2 is 1.86 bits per heavy atom. The summed E-state index contributed by atoms with van der Waals surface area (Å²) in [4.78, 5) is 6.62. The van der Waals surface area contributed by atoms with Gasteiger partial charge < -0.3 is 9.23 Å². The first-order valence-corrected chi connectivity index (χ1v) is 9.88. The van der Waals surface area contributed by atoms with Crippen LogP contribution in [0.15, 0.2) is 70.8 Å². The SMILES string of the molecule is CC1=Cc2c(oc3ncccc23)N(C)B1c1cc(C)c(-c2ccccc2)c[n+]1C. The average Bonchev–Trinajstić information content (AvgIpc) is 3.10. The lowest BCUT2D eigenvalue weighted by molar-refractivity contribution is -0.653. The molecule has 1 aliphatic heterocycles. The van der Waals surface area contributed by atoms with E-state index >= 15 is 0 Å². The summed E-state index contributed by atoms with van der Waals surface area (Å²) in [6, 6.07) is 16.9. The van der Waals surface area contributed by atoms with Gasteiger partial charge in [-0.2, -0.15) is 0 Å². The Balaban J connectivity index is 1.62. The maximum atomic E-state index is 6.13. The fourth-order valence-corrected chi connectivity index (χ4v) is 4.46. The molecule has 4 heterocycles. The summed E-state index contributed by atoms with van der Waals surface area (Å²) in [7, 11) is 4.22. The Morgan fingerprint density at radius 3 is 2.66 bits per heavy atom. The van der Waals surface area contributed by atoms with E-state index in [4.69, 9.17) is 4.42 Å². The third kappa shape index (κ3) is 2.77. The van der Waals surface area contributed by atoms with Crippen molar-refractivity contribution in [2.24, 2.45) is 7.05 Å². The van der Waals surface area contributed by atoms with Gasteiger partial charge in [0.1, 0.15) is 7.05 Å². The predicted molar refractivity (Wildman–Crippen MR) is 119 cm³/mol. The van der Waals surface area contributed by atoms with E-state index in [2.05, 4.69) is 97.0 Å². The topological polar surface area (TPSA) is 33.2 Å². The van der Waals surface area contributed by atoms with E-state index < -0.39 is 0 Å². The zero-order valence-corrected chi connectivity index (χ0v) is 17.2. The van der Waals surface area contributed by atoms with Crippen LogP contribution in [0.3, 0.4) is 0 Å². The lowest BCUT2D eigenvalue weighted by Gasteiger charge is -2.28. The van der Waals surface area contributed by atoms with Gasteiger partial charge in [-0.25, -0.2) is 9.55 Å². The monoisotopic (exact) mass is 380 g/mol. The molecule has 1 aliphatic rings.